The van der Waals surface area contributed by atoms with Crippen molar-refractivity contribution < 1.29 is 17.7 Å². The predicted molar refractivity (Wildman–Crippen MR) is 102 cm³/mol. The van der Waals surface area contributed by atoms with Crippen LogP contribution in [0.5, 0.6) is 0 Å². The number of nitrogens with one attached hydrogen (secondary N) is 1. The van der Waals surface area contributed by atoms with Crippen LogP contribution in [0.15, 0.2) is 33.9 Å². The van der Waals surface area contributed by atoms with E-state index in [2.05, 4.69) is 15.5 Å². The van der Waals surface area contributed by atoms with Gasteiger partial charge >= 0.3 is 0 Å². The number of piperidine rings is 1. The van der Waals surface area contributed by atoms with Crippen molar-refractivity contribution in [2.45, 2.75) is 36.6 Å². The minimum Gasteiger partial charge on any atom is -0.361 e. The van der Waals surface area contributed by atoms with Gasteiger partial charge in [0.2, 0.25) is 10.0 Å². The Hall–Kier alpha value is -1.91. The number of aromatic nitrogens is 2. The molecule has 0 spiro atoms. The molecule has 3 rings (SSSR count). The molecule has 1 aliphatic heterocycles. The van der Waals surface area contributed by atoms with E-state index in [1.807, 2.05) is 13.0 Å². The number of hydrogen-bond acceptors (Lipinski definition) is 7. The fourth-order valence-corrected chi connectivity index (χ4v) is 4.65. The molecule has 1 N–H and O–H groups in total. The summed E-state index contributed by atoms with van der Waals surface area (Å²) in [7, 11) is -3.17. The topological polar surface area (TPSA) is 105 Å². The van der Waals surface area contributed by atoms with Crippen molar-refractivity contribution in [2.75, 3.05) is 19.3 Å². The van der Waals surface area contributed by atoms with E-state index in [0.717, 1.165) is 11.5 Å². The van der Waals surface area contributed by atoms with Gasteiger partial charge in [0.25, 0.3) is 5.91 Å². The average molecular weight is 411 g/mol. The highest BCUT2D eigenvalue weighted by Crippen LogP contribution is 2.24. The summed E-state index contributed by atoms with van der Waals surface area (Å²) >= 11 is 1.43. The van der Waals surface area contributed by atoms with Crippen molar-refractivity contribution in [1.29, 1.82) is 0 Å². The van der Waals surface area contributed by atoms with Crippen LogP contribution in [0.4, 0.5) is 0 Å². The Labute approximate surface area is 162 Å². The number of aryl methyl sites for hydroxylation is 1. The number of nitrogens with zero attached hydrogens (tertiary/aromatic N) is 3. The minimum absolute atomic E-state index is 0.0493. The Bertz CT molecular complexity index is 905. The third-order valence-corrected chi connectivity index (χ3v) is 6.65. The highest BCUT2D eigenvalue weighted by atomic mass is 32.2. The number of amides is 1. The molecular formula is C17H22N4O4S2. The molecule has 146 valence electrons. The zero-order chi connectivity index (χ0) is 19.4. The molecule has 3 heterocycles. The summed E-state index contributed by atoms with van der Waals surface area (Å²) in [6.45, 7) is 2.67. The van der Waals surface area contributed by atoms with E-state index < -0.39 is 10.0 Å². The quantitative estimate of drug-likeness (QED) is 0.724. The van der Waals surface area contributed by atoms with Gasteiger partial charge < -0.3 is 9.84 Å². The van der Waals surface area contributed by atoms with Gasteiger partial charge in [0.15, 0.2) is 0 Å². The molecule has 0 bridgehead atoms. The maximum atomic E-state index is 12.7. The first-order valence-corrected chi connectivity index (χ1v) is 11.4. The van der Waals surface area contributed by atoms with Crippen molar-refractivity contribution in [3.05, 3.63) is 41.4 Å². The maximum absolute atomic E-state index is 12.7. The molecule has 0 radical (unpaired) electrons. The first-order chi connectivity index (χ1) is 12.8. The van der Waals surface area contributed by atoms with E-state index in [1.165, 1.54) is 22.3 Å². The second kappa shape index (κ2) is 8.41. The second-order valence-corrected chi connectivity index (χ2v) is 9.43. The lowest BCUT2D eigenvalue weighted by molar-refractivity contribution is 0.0920. The van der Waals surface area contributed by atoms with Gasteiger partial charge in [0.1, 0.15) is 10.8 Å². The van der Waals surface area contributed by atoms with E-state index in [-0.39, 0.29) is 11.9 Å². The summed E-state index contributed by atoms with van der Waals surface area (Å²) in [5.41, 5.74) is 1.30. The predicted octanol–water partition coefficient (Wildman–Crippen LogP) is 1.82. The van der Waals surface area contributed by atoms with E-state index >= 15 is 0 Å². The van der Waals surface area contributed by atoms with Crippen LogP contribution in [-0.4, -0.2) is 54.2 Å². The Balaban J connectivity index is 1.60. The molecule has 1 fully saturated rings. The van der Waals surface area contributed by atoms with Crippen LogP contribution in [-0.2, 0) is 15.8 Å². The summed E-state index contributed by atoms with van der Waals surface area (Å²) in [5, 5.41) is 7.58. The standard InChI is InChI=1S/C17H22N4O4S2/c1-12-10-14(20-25-12)11-26-17-15(4-3-7-18-17)16(22)19-13-5-8-21(9-6-13)27(2,23)24/h3-4,7,10,13H,5-6,8-9,11H2,1-2H3,(H,19,22). The zero-order valence-electron chi connectivity index (χ0n) is 15.2. The molecule has 0 unspecified atom stereocenters. The van der Waals surface area contributed by atoms with E-state index in [4.69, 9.17) is 4.52 Å². The number of hydrogen-bond donors (Lipinski definition) is 1. The van der Waals surface area contributed by atoms with Gasteiger partial charge in [-0.1, -0.05) is 16.9 Å². The van der Waals surface area contributed by atoms with Crippen LogP contribution in [0.25, 0.3) is 0 Å². The maximum Gasteiger partial charge on any atom is 0.254 e. The number of sulfonamides is 1. The largest absolute Gasteiger partial charge is 0.361 e. The molecule has 27 heavy (non-hydrogen) atoms. The Kier molecular flexibility index (Phi) is 6.18. The summed E-state index contributed by atoms with van der Waals surface area (Å²) < 4.78 is 29.7. The van der Waals surface area contributed by atoms with E-state index in [1.54, 1.807) is 18.3 Å². The fourth-order valence-electron chi connectivity index (χ4n) is 2.90. The SMILES string of the molecule is Cc1cc(CSc2ncccc2C(=O)NC2CCN(S(C)(=O)=O)CC2)no1. The lowest BCUT2D eigenvalue weighted by atomic mass is 10.1. The smallest absolute Gasteiger partial charge is 0.254 e. The molecule has 10 heteroatoms. The average Bonchev–Trinajstić information content (AvgIpc) is 3.05. The van der Waals surface area contributed by atoms with Gasteiger partial charge in [-0.25, -0.2) is 17.7 Å². The molecule has 2 aromatic heterocycles. The Morgan fingerprint density at radius 3 is 2.78 bits per heavy atom. The summed E-state index contributed by atoms with van der Waals surface area (Å²) in [6.07, 6.45) is 4.05. The van der Waals surface area contributed by atoms with Gasteiger partial charge in [-0.3, -0.25) is 4.79 Å². The number of pyridine rings is 1. The van der Waals surface area contributed by atoms with Gasteiger partial charge in [-0.05, 0) is 31.9 Å². The Morgan fingerprint density at radius 1 is 1.41 bits per heavy atom. The molecule has 1 amide bonds. The molecule has 2 aromatic rings. The van der Waals surface area contributed by atoms with Crippen molar-refractivity contribution in [3.63, 3.8) is 0 Å². The van der Waals surface area contributed by atoms with Gasteiger partial charge in [-0.15, -0.1) is 0 Å². The van der Waals surface area contributed by atoms with Gasteiger partial charge in [0, 0.05) is 37.1 Å². The third-order valence-electron chi connectivity index (χ3n) is 4.31. The van der Waals surface area contributed by atoms with Crippen LogP contribution >= 0.6 is 11.8 Å². The lowest BCUT2D eigenvalue weighted by Gasteiger charge is -2.30. The van der Waals surface area contributed by atoms with Crippen molar-refractivity contribution >= 4 is 27.7 Å². The van der Waals surface area contributed by atoms with Gasteiger partial charge in [0.05, 0.1) is 17.5 Å². The minimum atomic E-state index is -3.17. The van der Waals surface area contributed by atoms with Crippen molar-refractivity contribution in [1.82, 2.24) is 19.8 Å². The molecular weight excluding hydrogens is 388 g/mol. The number of carbonyl (C=O) groups is 1. The van der Waals surface area contributed by atoms with E-state index in [9.17, 15) is 13.2 Å². The number of carbonyl (C=O) groups excluding carboxylic acids is 1. The first kappa shape index (κ1) is 19.8. The monoisotopic (exact) mass is 410 g/mol. The molecule has 0 saturated carbocycles. The number of thioether (sulfide) groups is 1. The van der Waals surface area contributed by atoms with Crippen molar-refractivity contribution in [3.8, 4) is 0 Å². The fraction of sp³-hybridized carbons (Fsp3) is 0.471. The van der Waals surface area contributed by atoms with Crippen molar-refractivity contribution in [2.24, 2.45) is 0 Å². The highest BCUT2D eigenvalue weighted by molar-refractivity contribution is 7.98. The summed E-state index contributed by atoms with van der Waals surface area (Å²) in [6, 6.07) is 5.27. The first-order valence-electron chi connectivity index (χ1n) is 8.59. The van der Waals surface area contributed by atoms with Crippen LogP contribution in [0.1, 0.15) is 34.7 Å². The molecule has 1 saturated heterocycles. The van der Waals surface area contributed by atoms with Crippen LogP contribution < -0.4 is 5.32 Å². The zero-order valence-corrected chi connectivity index (χ0v) is 16.8. The highest BCUT2D eigenvalue weighted by Gasteiger charge is 2.26. The molecule has 0 aliphatic carbocycles. The number of rotatable bonds is 6. The summed E-state index contributed by atoms with van der Waals surface area (Å²) in [5.74, 6) is 1.10. The van der Waals surface area contributed by atoms with Crippen LogP contribution in [0.3, 0.4) is 0 Å². The third kappa shape index (κ3) is 5.30. The molecule has 1 aliphatic rings. The molecule has 0 atom stereocenters. The molecule has 8 nitrogen and oxygen atoms in total. The van der Waals surface area contributed by atoms with E-state index in [0.29, 0.717) is 42.3 Å². The van der Waals surface area contributed by atoms with Crippen LogP contribution in [0, 0.1) is 6.92 Å². The second-order valence-electron chi connectivity index (χ2n) is 6.48. The van der Waals surface area contributed by atoms with Crippen LogP contribution in [0.2, 0.25) is 0 Å². The Morgan fingerprint density at radius 2 is 2.15 bits per heavy atom. The van der Waals surface area contributed by atoms with Gasteiger partial charge in [-0.2, -0.15) is 0 Å². The normalized spacial score (nSPS) is 16.4. The lowest BCUT2D eigenvalue weighted by Crippen LogP contribution is -2.46. The summed E-state index contributed by atoms with van der Waals surface area (Å²) in [4.78, 5) is 17.0. The molecule has 0 aromatic carbocycles.